The minimum Gasteiger partial charge on any atom is -0.372 e. The highest BCUT2D eigenvalue weighted by molar-refractivity contribution is 4.87. The van der Waals surface area contributed by atoms with Crippen molar-refractivity contribution in [3.63, 3.8) is 0 Å². The maximum atomic E-state index is 6.16. The van der Waals surface area contributed by atoms with E-state index in [4.69, 9.17) is 4.74 Å². The summed E-state index contributed by atoms with van der Waals surface area (Å²) < 4.78 is 6.16. The summed E-state index contributed by atoms with van der Waals surface area (Å²) in [6, 6.07) is 0.880. The average Bonchev–Trinajstić information content (AvgIpc) is 3.12. The summed E-state index contributed by atoms with van der Waals surface area (Å²) in [5.41, 5.74) is 0. The molecule has 0 aromatic heterocycles. The van der Waals surface area contributed by atoms with Crippen molar-refractivity contribution in [2.75, 3.05) is 26.2 Å². The van der Waals surface area contributed by atoms with E-state index in [2.05, 4.69) is 24.1 Å². The summed E-state index contributed by atoms with van der Waals surface area (Å²) in [4.78, 5) is 2.66. The highest BCUT2D eigenvalue weighted by Crippen LogP contribution is 2.29. The van der Waals surface area contributed by atoms with Crippen LogP contribution < -0.4 is 5.32 Å². The smallest absolute Gasteiger partial charge is 0.0707 e. The summed E-state index contributed by atoms with van der Waals surface area (Å²) in [5.74, 6) is 0. The monoisotopic (exact) mass is 254 g/mol. The fourth-order valence-electron chi connectivity index (χ4n) is 2.92. The molecule has 2 rings (SSSR count). The SMILES string of the molecule is CCCNCC1CCC(CN(CCC)C2CC2)O1. The zero-order valence-corrected chi connectivity index (χ0v) is 12.2. The van der Waals surface area contributed by atoms with E-state index in [9.17, 15) is 0 Å². The van der Waals surface area contributed by atoms with Crippen LogP contribution in [-0.4, -0.2) is 49.3 Å². The standard InChI is InChI=1S/C15H30N2O/c1-3-9-16-11-14-7-8-15(18-14)12-17(10-4-2)13-5-6-13/h13-16H,3-12H2,1-2H3. The van der Waals surface area contributed by atoms with Gasteiger partial charge in [-0.25, -0.2) is 0 Å². The summed E-state index contributed by atoms with van der Waals surface area (Å²) in [6.07, 6.45) is 8.75. The van der Waals surface area contributed by atoms with Crippen LogP contribution in [0.3, 0.4) is 0 Å². The Morgan fingerprint density at radius 1 is 1.06 bits per heavy atom. The van der Waals surface area contributed by atoms with Crippen molar-refractivity contribution in [3.05, 3.63) is 0 Å². The van der Waals surface area contributed by atoms with E-state index in [0.717, 1.165) is 19.1 Å². The van der Waals surface area contributed by atoms with Crippen LogP contribution in [-0.2, 0) is 4.74 Å². The molecule has 2 atom stereocenters. The molecule has 18 heavy (non-hydrogen) atoms. The lowest BCUT2D eigenvalue weighted by Crippen LogP contribution is -2.36. The van der Waals surface area contributed by atoms with Gasteiger partial charge in [0.05, 0.1) is 12.2 Å². The fourth-order valence-corrected chi connectivity index (χ4v) is 2.92. The molecule has 0 amide bonds. The van der Waals surface area contributed by atoms with Gasteiger partial charge in [-0.2, -0.15) is 0 Å². The molecule has 3 heteroatoms. The maximum Gasteiger partial charge on any atom is 0.0707 e. The van der Waals surface area contributed by atoms with Crippen molar-refractivity contribution in [3.8, 4) is 0 Å². The first-order chi connectivity index (χ1) is 8.83. The van der Waals surface area contributed by atoms with Crippen LogP contribution in [0.4, 0.5) is 0 Å². The summed E-state index contributed by atoms with van der Waals surface area (Å²) in [7, 11) is 0. The van der Waals surface area contributed by atoms with Crippen LogP contribution in [0.25, 0.3) is 0 Å². The first-order valence-corrected chi connectivity index (χ1v) is 7.93. The molecule has 0 bridgehead atoms. The van der Waals surface area contributed by atoms with Gasteiger partial charge in [0.15, 0.2) is 0 Å². The van der Waals surface area contributed by atoms with Gasteiger partial charge in [0, 0.05) is 19.1 Å². The van der Waals surface area contributed by atoms with Crippen LogP contribution in [0.5, 0.6) is 0 Å². The molecule has 1 heterocycles. The predicted molar refractivity (Wildman–Crippen MR) is 75.9 cm³/mol. The lowest BCUT2D eigenvalue weighted by Gasteiger charge is -2.25. The fraction of sp³-hybridized carbons (Fsp3) is 1.00. The molecule has 2 unspecified atom stereocenters. The molecule has 106 valence electrons. The minimum absolute atomic E-state index is 0.462. The minimum atomic E-state index is 0.462. The predicted octanol–water partition coefficient (Wildman–Crippen LogP) is 2.41. The van der Waals surface area contributed by atoms with Crippen molar-refractivity contribution in [2.45, 2.75) is 70.6 Å². The molecule has 2 fully saturated rings. The molecular formula is C15H30N2O. The number of hydrogen-bond donors (Lipinski definition) is 1. The topological polar surface area (TPSA) is 24.5 Å². The van der Waals surface area contributed by atoms with Gasteiger partial charge in [-0.05, 0) is 51.6 Å². The van der Waals surface area contributed by atoms with Gasteiger partial charge >= 0.3 is 0 Å². The van der Waals surface area contributed by atoms with E-state index in [1.165, 1.54) is 51.6 Å². The second kappa shape index (κ2) is 7.46. The van der Waals surface area contributed by atoms with Crippen LogP contribution in [0.2, 0.25) is 0 Å². The summed E-state index contributed by atoms with van der Waals surface area (Å²) in [6.45, 7) is 9.08. The Morgan fingerprint density at radius 2 is 1.83 bits per heavy atom. The van der Waals surface area contributed by atoms with Crippen LogP contribution >= 0.6 is 0 Å². The van der Waals surface area contributed by atoms with E-state index in [-0.39, 0.29) is 0 Å². The number of ether oxygens (including phenoxy) is 1. The largest absolute Gasteiger partial charge is 0.372 e. The van der Waals surface area contributed by atoms with Crippen molar-refractivity contribution < 1.29 is 4.74 Å². The zero-order valence-electron chi connectivity index (χ0n) is 12.2. The Hall–Kier alpha value is -0.120. The molecule has 2 aliphatic rings. The average molecular weight is 254 g/mol. The third-order valence-electron chi connectivity index (χ3n) is 4.01. The number of nitrogens with one attached hydrogen (secondary N) is 1. The van der Waals surface area contributed by atoms with Gasteiger partial charge in [-0.3, -0.25) is 4.90 Å². The molecular weight excluding hydrogens is 224 g/mol. The summed E-state index contributed by atoms with van der Waals surface area (Å²) >= 11 is 0. The molecule has 3 nitrogen and oxygen atoms in total. The molecule has 0 aromatic rings. The molecule has 0 radical (unpaired) electrons. The van der Waals surface area contributed by atoms with E-state index in [1.807, 2.05) is 0 Å². The van der Waals surface area contributed by atoms with Crippen molar-refractivity contribution >= 4 is 0 Å². The quantitative estimate of drug-likeness (QED) is 0.640. The van der Waals surface area contributed by atoms with E-state index in [0.29, 0.717) is 12.2 Å². The van der Waals surface area contributed by atoms with Gasteiger partial charge in [-0.15, -0.1) is 0 Å². The molecule has 1 aliphatic heterocycles. The maximum absolute atomic E-state index is 6.16. The third kappa shape index (κ3) is 4.52. The highest BCUT2D eigenvalue weighted by Gasteiger charge is 2.32. The lowest BCUT2D eigenvalue weighted by molar-refractivity contribution is 0.0218. The third-order valence-corrected chi connectivity index (χ3v) is 4.01. The zero-order chi connectivity index (χ0) is 12.8. The normalized spacial score (nSPS) is 28.2. The van der Waals surface area contributed by atoms with E-state index < -0.39 is 0 Å². The Labute approximate surface area is 112 Å². The Balaban J connectivity index is 1.64. The number of rotatable bonds is 9. The second-order valence-corrected chi connectivity index (χ2v) is 5.89. The van der Waals surface area contributed by atoms with Crippen molar-refractivity contribution in [1.82, 2.24) is 10.2 Å². The molecule has 1 N–H and O–H groups in total. The number of nitrogens with zero attached hydrogens (tertiary/aromatic N) is 1. The van der Waals surface area contributed by atoms with Crippen LogP contribution in [0.1, 0.15) is 52.4 Å². The highest BCUT2D eigenvalue weighted by atomic mass is 16.5. The molecule has 0 aromatic carbocycles. The molecule has 1 saturated carbocycles. The van der Waals surface area contributed by atoms with Gasteiger partial charge in [0.1, 0.15) is 0 Å². The number of hydrogen-bond acceptors (Lipinski definition) is 3. The van der Waals surface area contributed by atoms with Gasteiger partial charge in [0.25, 0.3) is 0 Å². The second-order valence-electron chi connectivity index (χ2n) is 5.89. The molecule has 1 aliphatic carbocycles. The van der Waals surface area contributed by atoms with Gasteiger partial charge in [0.2, 0.25) is 0 Å². The Bertz CT molecular complexity index is 231. The van der Waals surface area contributed by atoms with Crippen LogP contribution in [0.15, 0.2) is 0 Å². The molecule has 0 spiro atoms. The van der Waals surface area contributed by atoms with E-state index in [1.54, 1.807) is 0 Å². The van der Waals surface area contributed by atoms with Crippen molar-refractivity contribution in [1.29, 1.82) is 0 Å². The first-order valence-electron chi connectivity index (χ1n) is 7.93. The van der Waals surface area contributed by atoms with Gasteiger partial charge in [-0.1, -0.05) is 13.8 Å². The van der Waals surface area contributed by atoms with Crippen molar-refractivity contribution in [2.24, 2.45) is 0 Å². The Morgan fingerprint density at radius 3 is 2.50 bits per heavy atom. The first kappa shape index (κ1) is 14.3. The lowest BCUT2D eigenvalue weighted by atomic mass is 10.2. The van der Waals surface area contributed by atoms with Crippen LogP contribution in [0, 0.1) is 0 Å². The Kier molecular flexibility index (Phi) is 5.93. The molecule has 1 saturated heterocycles. The summed E-state index contributed by atoms with van der Waals surface area (Å²) in [5, 5.41) is 3.47. The van der Waals surface area contributed by atoms with Gasteiger partial charge < -0.3 is 10.1 Å². The van der Waals surface area contributed by atoms with E-state index >= 15 is 0 Å².